The molecule has 1 aliphatic rings. The van der Waals surface area contributed by atoms with E-state index in [9.17, 15) is 9.59 Å². The van der Waals surface area contributed by atoms with Crippen molar-refractivity contribution in [3.63, 3.8) is 0 Å². The van der Waals surface area contributed by atoms with Crippen molar-refractivity contribution in [2.45, 2.75) is 12.8 Å². The molecule has 1 fully saturated rings. The summed E-state index contributed by atoms with van der Waals surface area (Å²) < 4.78 is 5.27. The first-order valence-electron chi connectivity index (χ1n) is 4.99. The molecule has 15 heavy (non-hydrogen) atoms. The minimum absolute atomic E-state index is 0.366. The van der Waals surface area contributed by atoms with Crippen LogP contribution in [0.5, 0.6) is 0 Å². The van der Waals surface area contributed by atoms with Gasteiger partial charge in [-0.25, -0.2) is 4.79 Å². The molecule has 1 rings (SSSR count). The van der Waals surface area contributed by atoms with Crippen LogP contribution < -0.4 is 10.6 Å². The first kappa shape index (κ1) is 11.8. The van der Waals surface area contributed by atoms with E-state index >= 15 is 0 Å². The predicted molar refractivity (Wildman–Crippen MR) is 52.6 cm³/mol. The third-order valence-electron chi connectivity index (χ3n) is 1.98. The molecule has 1 aliphatic carbocycles. The van der Waals surface area contributed by atoms with Crippen LogP contribution in [0.3, 0.4) is 0 Å². The van der Waals surface area contributed by atoms with Gasteiger partial charge >= 0.3 is 12.0 Å². The molecule has 0 radical (unpaired) electrons. The van der Waals surface area contributed by atoms with Crippen LogP contribution >= 0.6 is 0 Å². The number of nitrogens with one attached hydrogen (secondary N) is 2. The highest BCUT2D eigenvalue weighted by Crippen LogP contribution is 2.28. The van der Waals surface area contributed by atoms with Gasteiger partial charge in [-0.1, -0.05) is 0 Å². The molecule has 0 bridgehead atoms. The number of urea groups is 1. The molecule has 0 aromatic rings. The van der Waals surface area contributed by atoms with Gasteiger partial charge in [-0.3, -0.25) is 4.79 Å². The third kappa shape index (κ3) is 6.73. The quantitative estimate of drug-likeness (QED) is 0.514. The Kier molecular flexibility index (Phi) is 4.89. The molecule has 0 aromatic heterocycles. The topological polar surface area (TPSA) is 87.7 Å². The van der Waals surface area contributed by atoms with Crippen LogP contribution in [0.1, 0.15) is 12.8 Å². The van der Waals surface area contributed by atoms with E-state index in [1.165, 1.54) is 12.8 Å². The molecule has 6 heteroatoms. The molecule has 0 aromatic carbocycles. The summed E-state index contributed by atoms with van der Waals surface area (Å²) in [7, 11) is 0. The normalized spacial score (nSPS) is 14.7. The second-order valence-electron chi connectivity index (χ2n) is 3.52. The molecule has 0 spiro atoms. The van der Waals surface area contributed by atoms with Gasteiger partial charge in [0, 0.05) is 13.2 Å². The summed E-state index contributed by atoms with van der Waals surface area (Å²) in [5, 5.41) is 13.0. The fourth-order valence-electron chi connectivity index (χ4n) is 0.990. The van der Waals surface area contributed by atoms with E-state index < -0.39 is 12.0 Å². The monoisotopic (exact) mass is 216 g/mol. The Hall–Kier alpha value is -1.30. The molecular formula is C9H16N2O4. The summed E-state index contributed by atoms with van der Waals surface area (Å²) in [5.41, 5.74) is 0. The van der Waals surface area contributed by atoms with Crippen molar-refractivity contribution in [1.82, 2.24) is 10.6 Å². The first-order valence-corrected chi connectivity index (χ1v) is 4.99. The summed E-state index contributed by atoms with van der Waals surface area (Å²) in [6.07, 6.45) is 2.49. The molecule has 3 N–H and O–H groups in total. The van der Waals surface area contributed by atoms with E-state index in [-0.39, 0.29) is 6.54 Å². The number of rotatable bonds is 7. The lowest BCUT2D eigenvalue weighted by molar-refractivity contribution is -0.135. The lowest BCUT2D eigenvalue weighted by Gasteiger charge is -2.06. The summed E-state index contributed by atoms with van der Waals surface area (Å²) in [6.45, 7) is 1.27. The number of amides is 2. The molecule has 2 amide bonds. The maximum Gasteiger partial charge on any atom is 0.323 e. The smallest absolute Gasteiger partial charge is 0.323 e. The highest BCUT2D eigenvalue weighted by molar-refractivity contribution is 5.79. The van der Waals surface area contributed by atoms with Gasteiger partial charge in [0.1, 0.15) is 6.54 Å². The van der Waals surface area contributed by atoms with Crippen LogP contribution in [0.25, 0.3) is 0 Å². The van der Waals surface area contributed by atoms with Crippen molar-refractivity contribution in [2.75, 3.05) is 26.3 Å². The Balaban J connectivity index is 1.84. The van der Waals surface area contributed by atoms with Gasteiger partial charge in [-0.05, 0) is 18.8 Å². The summed E-state index contributed by atoms with van der Waals surface area (Å²) in [4.78, 5) is 21.0. The van der Waals surface area contributed by atoms with Crippen molar-refractivity contribution >= 4 is 12.0 Å². The Bertz CT molecular complexity index is 228. The zero-order valence-electron chi connectivity index (χ0n) is 8.49. The SMILES string of the molecule is O=C(O)CNC(=O)NCCOCC1CC1. The van der Waals surface area contributed by atoms with Crippen molar-refractivity contribution in [2.24, 2.45) is 5.92 Å². The molecule has 0 saturated heterocycles. The summed E-state index contributed by atoms with van der Waals surface area (Å²) in [6, 6.07) is -0.479. The van der Waals surface area contributed by atoms with Crippen LogP contribution in [0.4, 0.5) is 4.79 Å². The molecule has 0 heterocycles. The van der Waals surface area contributed by atoms with Gasteiger partial charge in [0.05, 0.1) is 6.61 Å². The van der Waals surface area contributed by atoms with E-state index in [0.717, 1.165) is 6.61 Å². The van der Waals surface area contributed by atoms with E-state index in [2.05, 4.69) is 10.6 Å². The minimum Gasteiger partial charge on any atom is -0.480 e. The molecular weight excluding hydrogens is 200 g/mol. The van der Waals surface area contributed by atoms with E-state index in [1.54, 1.807) is 0 Å². The molecule has 86 valence electrons. The highest BCUT2D eigenvalue weighted by Gasteiger charge is 2.20. The van der Waals surface area contributed by atoms with E-state index in [1.807, 2.05) is 0 Å². The van der Waals surface area contributed by atoms with Crippen LogP contribution in [0.2, 0.25) is 0 Å². The lowest BCUT2D eigenvalue weighted by Crippen LogP contribution is -2.39. The second-order valence-corrected chi connectivity index (χ2v) is 3.52. The molecule has 6 nitrogen and oxygen atoms in total. The van der Waals surface area contributed by atoms with Crippen LogP contribution in [0.15, 0.2) is 0 Å². The third-order valence-corrected chi connectivity index (χ3v) is 1.98. The fourth-order valence-corrected chi connectivity index (χ4v) is 0.990. The molecule has 0 atom stereocenters. The van der Waals surface area contributed by atoms with Gasteiger partial charge in [0.15, 0.2) is 0 Å². The summed E-state index contributed by atoms with van der Waals surface area (Å²) in [5.74, 6) is -0.346. The van der Waals surface area contributed by atoms with Gasteiger partial charge in [-0.2, -0.15) is 0 Å². The standard InChI is InChI=1S/C9H16N2O4/c12-8(13)5-11-9(14)10-3-4-15-6-7-1-2-7/h7H,1-6H2,(H,12,13)(H2,10,11,14). The predicted octanol–water partition coefficient (Wildman–Crippen LogP) is -0.203. The maximum atomic E-state index is 10.9. The van der Waals surface area contributed by atoms with Crippen LogP contribution in [-0.4, -0.2) is 43.4 Å². The zero-order valence-corrected chi connectivity index (χ0v) is 8.49. The zero-order chi connectivity index (χ0) is 11.1. The average Bonchev–Trinajstić information content (AvgIpc) is 2.98. The first-order chi connectivity index (χ1) is 7.18. The molecule has 0 unspecified atom stereocenters. The average molecular weight is 216 g/mol. The lowest BCUT2D eigenvalue weighted by atomic mass is 10.5. The number of carbonyl (C=O) groups is 2. The number of hydrogen-bond acceptors (Lipinski definition) is 3. The minimum atomic E-state index is -1.06. The number of hydrogen-bond donors (Lipinski definition) is 3. The number of carboxylic acids is 1. The molecule has 1 saturated carbocycles. The van der Waals surface area contributed by atoms with Gasteiger partial charge in [0.25, 0.3) is 0 Å². The van der Waals surface area contributed by atoms with E-state index in [0.29, 0.717) is 19.1 Å². The Morgan fingerprint density at radius 2 is 2.07 bits per heavy atom. The Labute approximate surface area is 88.0 Å². The maximum absolute atomic E-state index is 10.9. The Morgan fingerprint density at radius 1 is 1.33 bits per heavy atom. The largest absolute Gasteiger partial charge is 0.480 e. The Morgan fingerprint density at radius 3 is 2.67 bits per heavy atom. The fraction of sp³-hybridized carbons (Fsp3) is 0.778. The van der Waals surface area contributed by atoms with Crippen molar-refractivity contribution in [3.05, 3.63) is 0 Å². The summed E-state index contributed by atoms with van der Waals surface area (Å²) >= 11 is 0. The van der Waals surface area contributed by atoms with Gasteiger partial charge in [0.2, 0.25) is 0 Å². The number of aliphatic carboxylic acids is 1. The second kappa shape index (κ2) is 6.23. The van der Waals surface area contributed by atoms with Crippen molar-refractivity contribution in [1.29, 1.82) is 0 Å². The van der Waals surface area contributed by atoms with Gasteiger partial charge in [-0.15, -0.1) is 0 Å². The molecule has 0 aliphatic heterocycles. The number of carbonyl (C=O) groups excluding carboxylic acids is 1. The van der Waals surface area contributed by atoms with E-state index in [4.69, 9.17) is 9.84 Å². The highest BCUT2D eigenvalue weighted by atomic mass is 16.5. The van der Waals surface area contributed by atoms with Crippen LogP contribution in [0, 0.1) is 5.92 Å². The van der Waals surface area contributed by atoms with Crippen molar-refractivity contribution in [3.8, 4) is 0 Å². The van der Waals surface area contributed by atoms with Gasteiger partial charge < -0.3 is 20.5 Å². The van der Waals surface area contributed by atoms with Crippen LogP contribution in [-0.2, 0) is 9.53 Å². The van der Waals surface area contributed by atoms with Crippen molar-refractivity contribution < 1.29 is 19.4 Å². The number of carboxylic acid groups (broad SMARTS) is 1. The number of ether oxygens (including phenoxy) is 1.